The third-order valence-electron chi connectivity index (χ3n) is 2.55. The van der Waals surface area contributed by atoms with Gasteiger partial charge in [-0.2, -0.15) is 0 Å². The van der Waals surface area contributed by atoms with Crippen LogP contribution in [0.5, 0.6) is 0 Å². The molecule has 0 unspecified atom stereocenters. The maximum absolute atomic E-state index is 10.9. The van der Waals surface area contributed by atoms with E-state index in [4.69, 9.17) is 5.11 Å². The van der Waals surface area contributed by atoms with E-state index in [-0.39, 0.29) is 0 Å². The van der Waals surface area contributed by atoms with Crippen LogP contribution in [0.3, 0.4) is 0 Å². The lowest BCUT2D eigenvalue weighted by molar-refractivity contribution is 0.0701. The summed E-state index contributed by atoms with van der Waals surface area (Å²) in [5.41, 5.74) is 0.863. The van der Waals surface area contributed by atoms with Gasteiger partial charge in [-0.15, -0.1) is 23.1 Å². The quantitative estimate of drug-likeness (QED) is 0.607. The molecular weight excluding hydrogens is 278 g/mol. The van der Waals surface area contributed by atoms with Crippen molar-refractivity contribution < 1.29 is 9.90 Å². The molecule has 0 saturated heterocycles. The second-order valence-electron chi connectivity index (χ2n) is 3.92. The maximum atomic E-state index is 10.9. The van der Waals surface area contributed by atoms with Crippen LogP contribution in [0, 0.1) is 0 Å². The number of carbonyl (C=O) groups is 1. The predicted molar refractivity (Wildman–Crippen MR) is 80.2 cm³/mol. The van der Waals surface area contributed by atoms with Gasteiger partial charge in [0.05, 0.1) is 0 Å². The van der Waals surface area contributed by atoms with Crippen LogP contribution in [0.1, 0.15) is 15.2 Å². The first-order valence-electron chi connectivity index (χ1n) is 5.95. The van der Waals surface area contributed by atoms with Crippen molar-refractivity contribution in [2.24, 2.45) is 0 Å². The molecule has 0 aliphatic heterocycles. The van der Waals surface area contributed by atoms with E-state index in [1.165, 1.54) is 16.2 Å². The molecule has 2 rings (SSSR count). The molecule has 0 fully saturated rings. The molecule has 0 bridgehead atoms. The van der Waals surface area contributed by atoms with Crippen LogP contribution in [0.4, 0.5) is 0 Å². The summed E-state index contributed by atoms with van der Waals surface area (Å²) in [5, 5.41) is 14.1. The van der Waals surface area contributed by atoms with Gasteiger partial charge in [0.15, 0.2) is 0 Å². The van der Waals surface area contributed by atoms with Crippen molar-refractivity contribution in [3.63, 3.8) is 0 Å². The molecule has 100 valence electrons. The molecule has 0 radical (unpaired) electrons. The predicted octanol–water partition coefficient (Wildman–Crippen LogP) is 3.33. The van der Waals surface area contributed by atoms with Crippen molar-refractivity contribution in [3.05, 3.63) is 52.2 Å². The monoisotopic (exact) mass is 293 g/mol. The topological polar surface area (TPSA) is 49.3 Å². The SMILES string of the molecule is O=C(O)c1sccc1CNCCSc1ccccc1. The number of thioether (sulfide) groups is 1. The molecule has 2 N–H and O–H groups in total. The van der Waals surface area contributed by atoms with E-state index in [2.05, 4.69) is 17.4 Å². The lowest BCUT2D eigenvalue weighted by Crippen LogP contribution is -2.17. The van der Waals surface area contributed by atoms with Crippen LogP contribution in [-0.2, 0) is 6.54 Å². The van der Waals surface area contributed by atoms with E-state index >= 15 is 0 Å². The zero-order valence-corrected chi connectivity index (χ0v) is 12.0. The average Bonchev–Trinajstić information content (AvgIpc) is 2.88. The largest absolute Gasteiger partial charge is 0.477 e. The highest BCUT2D eigenvalue weighted by Crippen LogP contribution is 2.17. The summed E-state index contributed by atoms with van der Waals surface area (Å²) in [5.74, 6) is 0.127. The van der Waals surface area contributed by atoms with Gasteiger partial charge in [-0.05, 0) is 29.1 Å². The Morgan fingerprint density at radius 3 is 2.79 bits per heavy atom. The van der Waals surface area contributed by atoms with Gasteiger partial charge in [0.25, 0.3) is 0 Å². The minimum Gasteiger partial charge on any atom is -0.477 e. The van der Waals surface area contributed by atoms with E-state index in [1.54, 1.807) is 11.8 Å². The van der Waals surface area contributed by atoms with Gasteiger partial charge in [-0.25, -0.2) is 4.79 Å². The first kappa shape index (κ1) is 14.1. The molecule has 0 saturated carbocycles. The standard InChI is InChI=1S/C14H15NO2S2/c16-14(17)13-11(6-8-19-13)10-15-7-9-18-12-4-2-1-3-5-12/h1-6,8,15H,7,9-10H2,(H,16,17). The number of aromatic carboxylic acids is 1. The van der Waals surface area contributed by atoms with Gasteiger partial charge in [0.1, 0.15) is 4.88 Å². The zero-order chi connectivity index (χ0) is 13.5. The molecule has 0 aliphatic carbocycles. The molecule has 1 heterocycles. The minimum atomic E-state index is -0.842. The van der Waals surface area contributed by atoms with Crippen molar-refractivity contribution in [2.45, 2.75) is 11.4 Å². The Morgan fingerprint density at radius 2 is 2.05 bits per heavy atom. The van der Waals surface area contributed by atoms with Gasteiger partial charge >= 0.3 is 5.97 Å². The van der Waals surface area contributed by atoms with Crippen LogP contribution < -0.4 is 5.32 Å². The van der Waals surface area contributed by atoms with Crippen molar-refractivity contribution in [2.75, 3.05) is 12.3 Å². The van der Waals surface area contributed by atoms with Gasteiger partial charge in [-0.3, -0.25) is 0 Å². The first-order valence-corrected chi connectivity index (χ1v) is 7.82. The highest BCUT2D eigenvalue weighted by Gasteiger charge is 2.10. The number of nitrogens with one attached hydrogen (secondary N) is 1. The lowest BCUT2D eigenvalue weighted by Gasteiger charge is -2.04. The molecule has 0 spiro atoms. The molecule has 3 nitrogen and oxygen atoms in total. The summed E-state index contributed by atoms with van der Waals surface area (Å²) < 4.78 is 0. The van der Waals surface area contributed by atoms with Crippen LogP contribution in [0.15, 0.2) is 46.7 Å². The minimum absolute atomic E-state index is 0.434. The Balaban J connectivity index is 1.70. The van der Waals surface area contributed by atoms with E-state index in [1.807, 2.05) is 29.6 Å². The van der Waals surface area contributed by atoms with Crippen molar-refractivity contribution in [1.29, 1.82) is 0 Å². The molecule has 19 heavy (non-hydrogen) atoms. The van der Waals surface area contributed by atoms with E-state index in [0.717, 1.165) is 17.9 Å². The summed E-state index contributed by atoms with van der Waals surface area (Å²) in [6, 6.07) is 12.1. The molecule has 1 aromatic heterocycles. The fraction of sp³-hybridized carbons (Fsp3) is 0.214. The van der Waals surface area contributed by atoms with Crippen LogP contribution >= 0.6 is 23.1 Å². The fourth-order valence-electron chi connectivity index (χ4n) is 1.64. The van der Waals surface area contributed by atoms with Gasteiger partial charge in [0, 0.05) is 23.7 Å². The molecule has 1 aromatic carbocycles. The number of hydrogen-bond acceptors (Lipinski definition) is 4. The summed E-state index contributed by atoms with van der Waals surface area (Å²) in [6.45, 7) is 1.47. The highest BCUT2D eigenvalue weighted by atomic mass is 32.2. The molecular formula is C14H15NO2S2. The second kappa shape index (κ2) is 7.33. The van der Waals surface area contributed by atoms with Crippen molar-refractivity contribution in [1.82, 2.24) is 5.32 Å². The van der Waals surface area contributed by atoms with Crippen molar-refractivity contribution >= 4 is 29.1 Å². The fourth-order valence-corrected chi connectivity index (χ4v) is 3.24. The molecule has 5 heteroatoms. The third kappa shape index (κ3) is 4.38. The maximum Gasteiger partial charge on any atom is 0.346 e. The first-order chi connectivity index (χ1) is 9.27. The number of carboxylic acid groups (broad SMARTS) is 1. The van der Waals surface area contributed by atoms with Crippen LogP contribution in [0.25, 0.3) is 0 Å². The average molecular weight is 293 g/mol. The number of benzene rings is 1. The van der Waals surface area contributed by atoms with E-state index in [9.17, 15) is 4.79 Å². The Hall–Kier alpha value is -1.30. The summed E-state index contributed by atoms with van der Waals surface area (Å²) >= 11 is 3.07. The Bertz CT molecular complexity index is 525. The second-order valence-corrected chi connectivity index (χ2v) is 6.00. The van der Waals surface area contributed by atoms with E-state index < -0.39 is 5.97 Å². The number of hydrogen-bond donors (Lipinski definition) is 2. The Kier molecular flexibility index (Phi) is 5.44. The van der Waals surface area contributed by atoms with Gasteiger partial charge in [-0.1, -0.05) is 18.2 Å². The summed E-state index contributed by atoms with van der Waals surface area (Å²) in [4.78, 5) is 12.6. The molecule has 0 aliphatic rings. The van der Waals surface area contributed by atoms with E-state index in [0.29, 0.717) is 11.4 Å². The number of rotatable bonds is 7. The number of carboxylic acids is 1. The van der Waals surface area contributed by atoms with Crippen LogP contribution in [0.2, 0.25) is 0 Å². The summed E-state index contributed by atoms with van der Waals surface area (Å²) in [7, 11) is 0. The third-order valence-corrected chi connectivity index (χ3v) is 4.51. The zero-order valence-electron chi connectivity index (χ0n) is 10.3. The normalized spacial score (nSPS) is 10.5. The number of thiophene rings is 1. The molecule has 0 amide bonds. The van der Waals surface area contributed by atoms with Crippen molar-refractivity contribution in [3.8, 4) is 0 Å². The summed E-state index contributed by atoms with van der Waals surface area (Å²) in [6.07, 6.45) is 0. The Morgan fingerprint density at radius 1 is 1.26 bits per heavy atom. The smallest absolute Gasteiger partial charge is 0.346 e. The lowest BCUT2D eigenvalue weighted by atomic mass is 10.2. The Labute approximate surface area is 120 Å². The molecule has 0 atom stereocenters. The van der Waals surface area contributed by atoms with Crippen LogP contribution in [-0.4, -0.2) is 23.4 Å². The van der Waals surface area contributed by atoms with Gasteiger partial charge in [0.2, 0.25) is 0 Å². The van der Waals surface area contributed by atoms with Gasteiger partial charge < -0.3 is 10.4 Å². The highest BCUT2D eigenvalue weighted by molar-refractivity contribution is 7.99. The molecule has 2 aromatic rings.